The van der Waals surface area contributed by atoms with Crippen LogP contribution >= 0.6 is 0 Å². The number of carbonyl (C=O) groups is 2. The Morgan fingerprint density at radius 3 is 2.16 bits per heavy atom. The monoisotopic (exact) mass is 520 g/mol. The summed E-state index contributed by atoms with van der Waals surface area (Å²) in [5.41, 5.74) is 10.1. The van der Waals surface area contributed by atoms with Gasteiger partial charge in [0.15, 0.2) is 0 Å². The van der Waals surface area contributed by atoms with Crippen LogP contribution in [0.25, 0.3) is 0 Å². The van der Waals surface area contributed by atoms with E-state index in [2.05, 4.69) is 91.6 Å². The fourth-order valence-corrected chi connectivity index (χ4v) is 4.73. The average molecular weight is 521 g/mol. The first-order valence-electron chi connectivity index (χ1n) is 13.9. The maximum absolute atomic E-state index is 12.6. The number of carbonyl (C=O) groups excluding carboxylic acids is 2. The predicted octanol–water partition coefficient (Wildman–Crippen LogP) is 4.92. The number of benzene rings is 2. The van der Waals surface area contributed by atoms with E-state index >= 15 is 0 Å². The van der Waals surface area contributed by atoms with E-state index in [9.17, 15) is 9.59 Å². The Morgan fingerprint density at radius 1 is 1.00 bits per heavy atom. The number of hydrogen-bond donors (Lipinski definition) is 2. The van der Waals surface area contributed by atoms with Crippen molar-refractivity contribution in [3.05, 3.63) is 60.5 Å². The minimum absolute atomic E-state index is 0.0112. The minimum Gasteiger partial charge on any atom is -0.381 e. The first-order chi connectivity index (χ1) is 18.1. The fourth-order valence-electron chi connectivity index (χ4n) is 4.73. The van der Waals surface area contributed by atoms with Crippen molar-refractivity contribution in [2.75, 3.05) is 48.8 Å². The second-order valence-corrected chi connectivity index (χ2v) is 11.1. The molecule has 1 saturated heterocycles. The number of hydrogen-bond acceptors (Lipinski definition) is 5. The molecular weight excluding hydrogens is 474 g/mol. The molecule has 1 aliphatic rings. The standard InChI is InChI=1S/C31H46N5O2/c1-23(2)16-21-36(29-17-19-35(20-18-29)30(37)15-6-24(3)31(32)38)28-13-9-26(10-14-28)33-22-25-7-11-27(12-8-25)34(4)5/h7-15,23-24,29,33H,6,16-22H2,1-5H3,(H2,32,38). The normalized spacial score (nSPS) is 14.8. The number of rotatable bonds is 13. The number of likely N-dealkylation sites (tertiary alicyclic amines) is 1. The van der Waals surface area contributed by atoms with Gasteiger partial charge in [0.2, 0.25) is 11.8 Å². The average Bonchev–Trinajstić information content (AvgIpc) is 2.91. The highest BCUT2D eigenvalue weighted by molar-refractivity contribution is 5.86. The highest BCUT2D eigenvalue weighted by Gasteiger charge is 2.27. The molecule has 3 rings (SSSR count). The zero-order valence-electron chi connectivity index (χ0n) is 23.8. The van der Waals surface area contributed by atoms with Crippen LogP contribution in [-0.2, 0) is 16.1 Å². The third kappa shape index (κ3) is 8.67. The summed E-state index contributed by atoms with van der Waals surface area (Å²) < 4.78 is 0. The number of amides is 2. The Hall–Kier alpha value is -3.22. The Balaban J connectivity index is 1.57. The molecule has 1 heterocycles. The van der Waals surface area contributed by atoms with E-state index < -0.39 is 0 Å². The van der Waals surface area contributed by atoms with Crippen LogP contribution in [0.4, 0.5) is 17.1 Å². The molecule has 1 atom stereocenters. The van der Waals surface area contributed by atoms with Crippen LogP contribution in [0.1, 0.15) is 52.0 Å². The lowest BCUT2D eigenvalue weighted by molar-refractivity contribution is -0.129. The lowest BCUT2D eigenvalue weighted by atomic mass is 9.99. The summed E-state index contributed by atoms with van der Waals surface area (Å²) in [5.74, 6) is -0.0459. The molecule has 2 aromatic carbocycles. The van der Waals surface area contributed by atoms with Crippen molar-refractivity contribution < 1.29 is 9.59 Å². The number of anilines is 3. The molecule has 2 amide bonds. The Morgan fingerprint density at radius 2 is 1.61 bits per heavy atom. The van der Waals surface area contributed by atoms with Gasteiger partial charge in [-0.15, -0.1) is 0 Å². The molecule has 0 saturated carbocycles. The number of piperidine rings is 1. The molecule has 207 valence electrons. The van der Waals surface area contributed by atoms with Gasteiger partial charge in [-0.25, -0.2) is 0 Å². The van der Waals surface area contributed by atoms with Crippen molar-refractivity contribution in [1.29, 1.82) is 0 Å². The maximum atomic E-state index is 12.6. The SMILES string of the molecule is CC(C)CCN(c1ccc(NCc2ccc(N(C)C)cc2)cc1)C1CCN(C(=O)[CH]CC(C)C(N)=O)CC1. The Kier molecular flexibility index (Phi) is 10.9. The fraction of sp³-hybridized carbons (Fsp3) is 0.516. The molecule has 1 radical (unpaired) electrons. The highest BCUT2D eigenvalue weighted by Crippen LogP contribution is 2.27. The maximum Gasteiger partial charge on any atom is 0.226 e. The Bertz CT molecular complexity index is 1010. The van der Waals surface area contributed by atoms with Crippen molar-refractivity contribution >= 4 is 28.9 Å². The third-order valence-corrected chi connectivity index (χ3v) is 7.44. The van der Waals surface area contributed by atoms with Gasteiger partial charge in [0.25, 0.3) is 0 Å². The van der Waals surface area contributed by atoms with Gasteiger partial charge in [-0.05, 0) is 73.6 Å². The van der Waals surface area contributed by atoms with E-state index in [1.807, 2.05) is 4.90 Å². The van der Waals surface area contributed by atoms with Gasteiger partial charge < -0.3 is 25.8 Å². The predicted molar refractivity (Wildman–Crippen MR) is 158 cm³/mol. The van der Waals surface area contributed by atoms with E-state index in [1.165, 1.54) is 16.9 Å². The molecule has 0 bridgehead atoms. The molecule has 0 aliphatic carbocycles. The zero-order valence-corrected chi connectivity index (χ0v) is 23.8. The topological polar surface area (TPSA) is 81.9 Å². The summed E-state index contributed by atoms with van der Waals surface area (Å²) in [4.78, 5) is 30.4. The van der Waals surface area contributed by atoms with E-state index in [1.54, 1.807) is 13.3 Å². The van der Waals surface area contributed by atoms with Gasteiger partial charge in [0.1, 0.15) is 0 Å². The number of nitrogens with two attached hydrogens (primary N) is 1. The Labute approximate surface area is 229 Å². The third-order valence-electron chi connectivity index (χ3n) is 7.44. The summed E-state index contributed by atoms with van der Waals surface area (Å²) in [6.07, 6.45) is 5.02. The molecule has 2 aromatic rings. The molecule has 1 aliphatic heterocycles. The van der Waals surface area contributed by atoms with Crippen molar-refractivity contribution in [3.63, 3.8) is 0 Å². The smallest absolute Gasteiger partial charge is 0.226 e. The van der Waals surface area contributed by atoms with Gasteiger partial charge in [0, 0.05) is 69.3 Å². The molecule has 38 heavy (non-hydrogen) atoms. The van der Waals surface area contributed by atoms with Gasteiger partial charge in [-0.3, -0.25) is 9.59 Å². The van der Waals surface area contributed by atoms with Crippen molar-refractivity contribution in [2.45, 2.75) is 59.0 Å². The molecule has 0 spiro atoms. The second kappa shape index (κ2) is 14.1. The largest absolute Gasteiger partial charge is 0.381 e. The van der Waals surface area contributed by atoms with Crippen LogP contribution in [0, 0.1) is 18.3 Å². The first kappa shape index (κ1) is 29.3. The van der Waals surface area contributed by atoms with Gasteiger partial charge in [-0.2, -0.15) is 0 Å². The molecular formula is C31H46N5O2. The van der Waals surface area contributed by atoms with E-state index in [0.717, 1.165) is 51.1 Å². The van der Waals surface area contributed by atoms with Crippen LogP contribution in [0.5, 0.6) is 0 Å². The number of nitrogens with zero attached hydrogens (tertiary/aromatic N) is 3. The molecule has 3 N–H and O–H groups in total. The highest BCUT2D eigenvalue weighted by atomic mass is 16.2. The van der Waals surface area contributed by atoms with Crippen LogP contribution < -0.4 is 20.9 Å². The zero-order chi connectivity index (χ0) is 27.7. The second-order valence-electron chi connectivity index (χ2n) is 11.1. The molecule has 1 unspecified atom stereocenters. The van der Waals surface area contributed by atoms with Gasteiger partial charge in [0.05, 0.1) is 6.42 Å². The lowest BCUT2D eigenvalue weighted by Crippen LogP contribution is -2.47. The molecule has 7 nitrogen and oxygen atoms in total. The van der Waals surface area contributed by atoms with E-state index in [0.29, 0.717) is 18.4 Å². The summed E-state index contributed by atoms with van der Waals surface area (Å²) in [6.45, 7) is 9.54. The summed E-state index contributed by atoms with van der Waals surface area (Å²) >= 11 is 0. The van der Waals surface area contributed by atoms with Gasteiger partial charge in [-0.1, -0.05) is 32.9 Å². The van der Waals surface area contributed by atoms with Crippen LogP contribution in [-0.4, -0.2) is 56.5 Å². The van der Waals surface area contributed by atoms with Crippen LogP contribution in [0.15, 0.2) is 48.5 Å². The van der Waals surface area contributed by atoms with Crippen LogP contribution in [0.2, 0.25) is 0 Å². The number of nitrogens with one attached hydrogen (secondary N) is 1. The summed E-state index contributed by atoms with van der Waals surface area (Å²) in [6, 6.07) is 17.8. The van der Waals surface area contributed by atoms with Crippen LogP contribution in [0.3, 0.4) is 0 Å². The summed E-state index contributed by atoms with van der Waals surface area (Å²) in [7, 11) is 4.10. The molecule has 7 heteroatoms. The minimum atomic E-state index is -0.367. The summed E-state index contributed by atoms with van der Waals surface area (Å²) in [5, 5.41) is 3.54. The first-order valence-corrected chi connectivity index (χ1v) is 13.9. The van der Waals surface area contributed by atoms with Crippen molar-refractivity contribution in [1.82, 2.24) is 4.90 Å². The molecule has 0 aromatic heterocycles. The lowest BCUT2D eigenvalue weighted by Gasteiger charge is -2.40. The quantitative estimate of drug-likeness (QED) is 0.392. The van der Waals surface area contributed by atoms with E-state index in [-0.39, 0.29) is 17.7 Å². The van der Waals surface area contributed by atoms with Gasteiger partial charge >= 0.3 is 0 Å². The number of primary amides is 1. The van der Waals surface area contributed by atoms with E-state index in [4.69, 9.17) is 5.73 Å². The van der Waals surface area contributed by atoms with Crippen molar-refractivity contribution in [2.24, 2.45) is 17.6 Å². The van der Waals surface area contributed by atoms with Crippen molar-refractivity contribution in [3.8, 4) is 0 Å². The molecule has 1 fully saturated rings.